The molecule has 0 spiro atoms. The first-order chi connectivity index (χ1) is 11.1. The van der Waals surface area contributed by atoms with E-state index in [2.05, 4.69) is 0 Å². The molecule has 0 radical (unpaired) electrons. The van der Waals surface area contributed by atoms with Crippen LogP contribution in [0.25, 0.3) is 0 Å². The molecule has 0 saturated carbocycles. The maximum atomic E-state index is 12.4. The van der Waals surface area contributed by atoms with Crippen LogP contribution in [0.15, 0.2) is 36.4 Å². The highest BCUT2D eigenvalue weighted by Gasteiger charge is 2.27. The van der Waals surface area contributed by atoms with Crippen LogP contribution in [0.3, 0.4) is 0 Å². The second-order valence-corrected chi connectivity index (χ2v) is 6.80. The lowest BCUT2D eigenvalue weighted by Crippen LogP contribution is -2.50. The number of hydrogen-bond acceptors (Lipinski definition) is 4. The van der Waals surface area contributed by atoms with Crippen molar-refractivity contribution in [3.8, 4) is 5.75 Å². The first-order valence-electron chi connectivity index (χ1n) is 7.49. The number of aryl methyl sites for hydroxylation is 1. The lowest BCUT2D eigenvalue weighted by Gasteiger charge is -2.34. The third-order valence-corrected chi connectivity index (χ3v) is 4.93. The van der Waals surface area contributed by atoms with Gasteiger partial charge in [-0.1, -0.05) is 12.1 Å². The number of amides is 2. The lowest BCUT2D eigenvalue weighted by atomic mass is 10.1. The van der Waals surface area contributed by atoms with Crippen molar-refractivity contribution in [2.75, 3.05) is 26.2 Å². The quantitative estimate of drug-likeness (QED) is 0.919. The number of carbonyl (C=O) groups excluding carboxylic acids is 2. The van der Waals surface area contributed by atoms with E-state index in [1.165, 1.54) is 17.4 Å². The number of rotatable bonds is 2. The molecule has 1 aliphatic rings. The highest BCUT2D eigenvalue weighted by atomic mass is 32.1. The minimum atomic E-state index is -0.192. The van der Waals surface area contributed by atoms with Gasteiger partial charge in [-0.25, -0.2) is 0 Å². The van der Waals surface area contributed by atoms with Crippen molar-refractivity contribution in [3.05, 3.63) is 51.7 Å². The number of hydrogen-bond donors (Lipinski definition) is 1. The molecule has 1 aliphatic heterocycles. The van der Waals surface area contributed by atoms with Crippen molar-refractivity contribution in [2.24, 2.45) is 0 Å². The molecule has 6 heteroatoms. The van der Waals surface area contributed by atoms with Gasteiger partial charge in [-0.05, 0) is 31.2 Å². The van der Waals surface area contributed by atoms with E-state index >= 15 is 0 Å². The molecule has 23 heavy (non-hydrogen) atoms. The number of nitrogens with zero attached hydrogens (tertiary/aromatic N) is 2. The molecule has 1 saturated heterocycles. The Bertz CT molecular complexity index is 733. The fourth-order valence-corrected chi connectivity index (χ4v) is 3.48. The molecule has 1 aromatic carbocycles. The van der Waals surface area contributed by atoms with Gasteiger partial charge in [0.15, 0.2) is 0 Å². The second kappa shape index (κ2) is 6.42. The standard InChI is InChI=1S/C17H18N2O3S/c1-12-6-7-15(23-12)17(22)19-10-8-18(9-11-19)16(21)13-4-2-3-5-14(13)20/h2-7,20H,8-11H2,1H3. The van der Waals surface area contributed by atoms with Gasteiger partial charge >= 0.3 is 0 Å². The SMILES string of the molecule is Cc1ccc(C(=O)N2CCN(C(=O)c3ccccc3O)CC2)s1. The number of para-hydroxylation sites is 1. The largest absolute Gasteiger partial charge is 0.507 e. The predicted molar refractivity (Wildman–Crippen MR) is 89.0 cm³/mol. The summed E-state index contributed by atoms with van der Waals surface area (Å²) in [5.74, 6) is -0.176. The molecule has 0 unspecified atom stereocenters. The van der Waals surface area contributed by atoms with E-state index in [9.17, 15) is 14.7 Å². The maximum absolute atomic E-state index is 12.4. The molecular formula is C17H18N2O3S. The van der Waals surface area contributed by atoms with Crippen LogP contribution < -0.4 is 0 Å². The third-order valence-electron chi connectivity index (χ3n) is 3.94. The summed E-state index contributed by atoms with van der Waals surface area (Å²) in [7, 11) is 0. The Balaban J connectivity index is 1.63. The zero-order chi connectivity index (χ0) is 16.4. The van der Waals surface area contributed by atoms with Crippen molar-refractivity contribution in [1.82, 2.24) is 9.80 Å². The number of carbonyl (C=O) groups is 2. The van der Waals surface area contributed by atoms with Crippen LogP contribution in [-0.2, 0) is 0 Å². The van der Waals surface area contributed by atoms with Gasteiger partial charge in [0.1, 0.15) is 5.75 Å². The van der Waals surface area contributed by atoms with Crippen LogP contribution in [0.5, 0.6) is 5.75 Å². The average molecular weight is 330 g/mol. The van der Waals surface area contributed by atoms with E-state index in [0.717, 1.165) is 9.75 Å². The van der Waals surface area contributed by atoms with Crippen LogP contribution >= 0.6 is 11.3 Å². The summed E-state index contributed by atoms with van der Waals surface area (Å²) in [5, 5.41) is 9.79. The Labute approximate surface area is 138 Å². The van der Waals surface area contributed by atoms with Crippen LogP contribution in [0.4, 0.5) is 0 Å². The van der Waals surface area contributed by atoms with Gasteiger partial charge in [-0.2, -0.15) is 0 Å². The monoisotopic (exact) mass is 330 g/mol. The van der Waals surface area contributed by atoms with Gasteiger partial charge in [0.25, 0.3) is 11.8 Å². The van der Waals surface area contributed by atoms with Crippen LogP contribution in [0, 0.1) is 6.92 Å². The zero-order valence-corrected chi connectivity index (χ0v) is 13.7. The number of phenols is 1. The van der Waals surface area contributed by atoms with Crippen LogP contribution in [0.1, 0.15) is 24.9 Å². The molecule has 1 aromatic heterocycles. The van der Waals surface area contributed by atoms with Gasteiger partial charge in [0.2, 0.25) is 0 Å². The van der Waals surface area contributed by atoms with Crippen molar-refractivity contribution in [3.63, 3.8) is 0 Å². The summed E-state index contributed by atoms with van der Waals surface area (Å²) < 4.78 is 0. The van der Waals surface area contributed by atoms with Crippen molar-refractivity contribution >= 4 is 23.2 Å². The van der Waals surface area contributed by atoms with Crippen LogP contribution in [0.2, 0.25) is 0 Å². The highest BCUT2D eigenvalue weighted by Crippen LogP contribution is 2.21. The van der Waals surface area contributed by atoms with E-state index < -0.39 is 0 Å². The Kier molecular flexibility index (Phi) is 4.34. The van der Waals surface area contributed by atoms with E-state index in [-0.39, 0.29) is 17.6 Å². The average Bonchev–Trinajstić information content (AvgIpc) is 3.01. The molecule has 1 N–H and O–H groups in total. The maximum Gasteiger partial charge on any atom is 0.264 e. The third kappa shape index (κ3) is 3.22. The summed E-state index contributed by atoms with van der Waals surface area (Å²) in [4.78, 5) is 30.1. The first-order valence-corrected chi connectivity index (χ1v) is 8.31. The Morgan fingerprint density at radius 1 is 0.957 bits per heavy atom. The zero-order valence-electron chi connectivity index (χ0n) is 12.9. The minimum absolute atomic E-state index is 0.00920. The molecule has 5 nitrogen and oxygen atoms in total. The lowest BCUT2D eigenvalue weighted by molar-refractivity contribution is 0.0536. The first kappa shape index (κ1) is 15.6. The molecular weight excluding hydrogens is 312 g/mol. The Hall–Kier alpha value is -2.34. The predicted octanol–water partition coefficient (Wildman–Crippen LogP) is 2.36. The van der Waals surface area contributed by atoms with E-state index in [4.69, 9.17) is 0 Å². The molecule has 0 atom stereocenters. The van der Waals surface area contributed by atoms with E-state index in [1.807, 2.05) is 19.1 Å². The fraction of sp³-hybridized carbons (Fsp3) is 0.294. The number of piperazine rings is 1. The smallest absolute Gasteiger partial charge is 0.264 e. The van der Waals surface area contributed by atoms with Crippen LogP contribution in [-0.4, -0.2) is 52.9 Å². The van der Waals surface area contributed by atoms with Gasteiger partial charge < -0.3 is 14.9 Å². The molecule has 3 rings (SSSR count). The van der Waals surface area contributed by atoms with Crippen molar-refractivity contribution < 1.29 is 14.7 Å². The van der Waals surface area contributed by atoms with Gasteiger partial charge in [-0.3, -0.25) is 9.59 Å². The van der Waals surface area contributed by atoms with Gasteiger partial charge in [0, 0.05) is 31.1 Å². The summed E-state index contributed by atoms with van der Waals surface area (Å²) in [6, 6.07) is 10.3. The minimum Gasteiger partial charge on any atom is -0.507 e. The Morgan fingerprint density at radius 3 is 2.13 bits per heavy atom. The van der Waals surface area contributed by atoms with Crippen molar-refractivity contribution in [2.45, 2.75) is 6.92 Å². The summed E-state index contributed by atoms with van der Waals surface area (Å²) in [5.41, 5.74) is 0.307. The fourth-order valence-electron chi connectivity index (χ4n) is 2.64. The molecule has 0 bridgehead atoms. The summed E-state index contributed by atoms with van der Waals surface area (Å²) >= 11 is 1.49. The summed E-state index contributed by atoms with van der Waals surface area (Å²) in [6.45, 7) is 3.95. The number of aromatic hydroxyl groups is 1. The normalized spacial score (nSPS) is 14.8. The molecule has 2 heterocycles. The summed E-state index contributed by atoms with van der Waals surface area (Å²) in [6.07, 6.45) is 0. The van der Waals surface area contributed by atoms with Crippen molar-refractivity contribution in [1.29, 1.82) is 0 Å². The number of benzene rings is 1. The van der Waals surface area contributed by atoms with Gasteiger partial charge in [0.05, 0.1) is 10.4 Å². The molecule has 120 valence electrons. The Morgan fingerprint density at radius 2 is 1.57 bits per heavy atom. The number of phenolic OH excluding ortho intramolecular Hbond substituents is 1. The molecule has 1 fully saturated rings. The highest BCUT2D eigenvalue weighted by molar-refractivity contribution is 7.13. The van der Waals surface area contributed by atoms with E-state index in [1.54, 1.807) is 28.0 Å². The van der Waals surface area contributed by atoms with E-state index in [0.29, 0.717) is 31.7 Å². The van der Waals surface area contributed by atoms with Gasteiger partial charge in [-0.15, -0.1) is 11.3 Å². The number of thiophene rings is 1. The molecule has 2 amide bonds. The molecule has 0 aliphatic carbocycles. The second-order valence-electron chi connectivity index (χ2n) is 5.51. The topological polar surface area (TPSA) is 60.9 Å². The molecule has 2 aromatic rings.